The first kappa shape index (κ1) is 22.8. The molecule has 0 spiro atoms. The maximum Gasteiger partial charge on any atom is 0.254 e. The molecule has 1 atom stereocenters. The molecule has 0 aliphatic carbocycles. The van der Waals surface area contributed by atoms with Gasteiger partial charge in [-0.2, -0.15) is 0 Å². The summed E-state index contributed by atoms with van der Waals surface area (Å²) in [5, 5.41) is 6.09. The Labute approximate surface area is 167 Å². The summed E-state index contributed by atoms with van der Waals surface area (Å²) >= 11 is 1.43. The van der Waals surface area contributed by atoms with Gasteiger partial charge in [-0.15, -0.1) is 24.2 Å². The highest BCUT2D eigenvalue weighted by molar-refractivity contribution is 8.00. The molecule has 1 unspecified atom stereocenters. The molecule has 2 rings (SSSR count). The minimum Gasteiger partial charge on any atom is -0.353 e. The number of halogens is 1. The Balaban J connectivity index is 0.00000338. The minimum absolute atomic E-state index is 0. The van der Waals surface area contributed by atoms with Crippen LogP contribution in [-0.4, -0.2) is 55.2 Å². The van der Waals surface area contributed by atoms with Crippen LogP contribution in [0.5, 0.6) is 0 Å². The number of nitrogens with zero attached hydrogens (tertiary/aromatic N) is 1. The van der Waals surface area contributed by atoms with E-state index in [-0.39, 0.29) is 30.3 Å². The van der Waals surface area contributed by atoms with Crippen molar-refractivity contribution >= 4 is 36.0 Å². The van der Waals surface area contributed by atoms with Gasteiger partial charge in [0, 0.05) is 24.0 Å². The smallest absolute Gasteiger partial charge is 0.254 e. The molecule has 5 nitrogen and oxygen atoms in total. The summed E-state index contributed by atoms with van der Waals surface area (Å²) in [7, 11) is 1.95. The molecule has 2 N–H and O–H groups in total. The fraction of sp³-hybridized carbons (Fsp3) is 0.579. The number of benzene rings is 1. The molecule has 1 aliphatic rings. The number of nitrogens with one attached hydrogen (secondary N) is 2. The van der Waals surface area contributed by atoms with Crippen LogP contribution in [0.15, 0.2) is 29.2 Å². The lowest BCUT2D eigenvalue weighted by Crippen LogP contribution is -2.42. The zero-order valence-corrected chi connectivity index (χ0v) is 17.4. The minimum atomic E-state index is -0.00527. The van der Waals surface area contributed by atoms with Crippen LogP contribution in [0.1, 0.15) is 37.0 Å². The van der Waals surface area contributed by atoms with Gasteiger partial charge in [0.05, 0.1) is 11.3 Å². The standard InChI is InChI=1S/C19H29N3O2S.ClH/c1-14(2)21-18(23)13-25-17-9-5-4-8-16(17)19(24)22-10-6-7-15(12-22)11-20-3;/h4-5,8-9,14-15,20H,6-7,10-13H2,1-3H3,(H,21,23);1H. The molecule has 1 aromatic rings. The number of carbonyl (C=O) groups excluding carboxylic acids is 2. The maximum absolute atomic E-state index is 13.0. The van der Waals surface area contributed by atoms with E-state index < -0.39 is 0 Å². The van der Waals surface area contributed by atoms with Crippen LogP contribution in [0, 0.1) is 5.92 Å². The van der Waals surface area contributed by atoms with Gasteiger partial charge in [0.15, 0.2) is 0 Å². The highest BCUT2D eigenvalue weighted by atomic mass is 35.5. The predicted octanol–water partition coefficient (Wildman–Crippen LogP) is 2.80. The molecule has 0 radical (unpaired) electrons. The van der Waals surface area contributed by atoms with Gasteiger partial charge >= 0.3 is 0 Å². The molecule has 7 heteroatoms. The third kappa shape index (κ3) is 6.82. The van der Waals surface area contributed by atoms with Crippen molar-refractivity contribution in [1.29, 1.82) is 0 Å². The van der Waals surface area contributed by atoms with Crippen molar-refractivity contribution in [3.8, 4) is 0 Å². The normalized spacial score (nSPS) is 16.9. The Morgan fingerprint density at radius 1 is 1.31 bits per heavy atom. The molecule has 1 heterocycles. The van der Waals surface area contributed by atoms with Crippen molar-refractivity contribution < 1.29 is 9.59 Å². The summed E-state index contributed by atoms with van der Waals surface area (Å²) in [4.78, 5) is 27.7. The number of piperidine rings is 1. The lowest BCUT2D eigenvalue weighted by molar-refractivity contribution is -0.119. The second-order valence-corrected chi connectivity index (χ2v) is 7.84. The summed E-state index contributed by atoms with van der Waals surface area (Å²) in [5.41, 5.74) is 0.704. The van der Waals surface area contributed by atoms with Crippen molar-refractivity contribution in [3.63, 3.8) is 0 Å². The molecule has 0 bridgehead atoms. The summed E-state index contributed by atoms with van der Waals surface area (Å²) in [6.45, 7) is 6.43. The van der Waals surface area contributed by atoms with E-state index in [0.29, 0.717) is 17.2 Å². The number of carbonyl (C=O) groups is 2. The van der Waals surface area contributed by atoms with Gasteiger partial charge in [-0.05, 0) is 58.3 Å². The predicted molar refractivity (Wildman–Crippen MR) is 110 cm³/mol. The molecule has 2 amide bonds. The van der Waals surface area contributed by atoms with E-state index in [1.165, 1.54) is 11.8 Å². The molecule has 0 aromatic heterocycles. The van der Waals surface area contributed by atoms with Gasteiger partial charge in [-0.1, -0.05) is 12.1 Å². The SMILES string of the molecule is CNCC1CCCN(C(=O)c2ccccc2SCC(=O)NC(C)C)C1.Cl. The largest absolute Gasteiger partial charge is 0.353 e. The molecular weight excluding hydrogens is 370 g/mol. The topological polar surface area (TPSA) is 61.4 Å². The van der Waals surface area contributed by atoms with Crippen LogP contribution in [0.3, 0.4) is 0 Å². The monoisotopic (exact) mass is 399 g/mol. The molecule has 0 saturated carbocycles. The maximum atomic E-state index is 13.0. The highest BCUT2D eigenvalue weighted by Gasteiger charge is 2.25. The van der Waals surface area contributed by atoms with Gasteiger partial charge in [0.2, 0.25) is 5.91 Å². The van der Waals surface area contributed by atoms with Crippen LogP contribution in [0.4, 0.5) is 0 Å². The average molecular weight is 400 g/mol. The summed E-state index contributed by atoms with van der Waals surface area (Å²) < 4.78 is 0. The van der Waals surface area contributed by atoms with Gasteiger partial charge in [0.25, 0.3) is 5.91 Å². The van der Waals surface area contributed by atoms with Crippen molar-refractivity contribution in [2.45, 2.75) is 37.6 Å². The summed E-state index contributed by atoms with van der Waals surface area (Å²) in [6.07, 6.45) is 2.21. The Bertz CT molecular complexity index is 596. The Kier molecular flexibility index (Phi) is 10.1. The third-order valence-electron chi connectivity index (χ3n) is 4.22. The molecule has 1 fully saturated rings. The van der Waals surface area contributed by atoms with E-state index >= 15 is 0 Å². The number of hydrogen-bond acceptors (Lipinski definition) is 4. The number of rotatable bonds is 7. The van der Waals surface area contributed by atoms with Crippen molar-refractivity contribution in [3.05, 3.63) is 29.8 Å². The second kappa shape index (κ2) is 11.5. The van der Waals surface area contributed by atoms with Crippen molar-refractivity contribution in [1.82, 2.24) is 15.5 Å². The number of hydrogen-bond donors (Lipinski definition) is 2. The van der Waals surface area contributed by atoms with Gasteiger partial charge in [0.1, 0.15) is 0 Å². The first-order valence-corrected chi connectivity index (χ1v) is 9.95. The van der Waals surface area contributed by atoms with Crippen LogP contribution in [0.25, 0.3) is 0 Å². The van der Waals surface area contributed by atoms with E-state index in [2.05, 4.69) is 10.6 Å². The second-order valence-electron chi connectivity index (χ2n) is 6.82. The molecular formula is C19H30ClN3O2S. The Morgan fingerprint density at radius 3 is 2.73 bits per heavy atom. The van der Waals surface area contributed by atoms with E-state index in [1.807, 2.05) is 50.1 Å². The van der Waals surface area contributed by atoms with Crippen molar-refractivity contribution in [2.24, 2.45) is 5.92 Å². The lowest BCUT2D eigenvalue weighted by atomic mass is 9.97. The van der Waals surface area contributed by atoms with Crippen LogP contribution < -0.4 is 10.6 Å². The quantitative estimate of drug-likeness (QED) is 0.692. The van der Waals surface area contributed by atoms with Crippen LogP contribution >= 0.6 is 24.2 Å². The molecule has 1 aromatic carbocycles. The number of amides is 2. The summed E-state index contributed by atoms with van der Waals surface area (Å²) in [5.74, 6) is 0.909. The van der Waals surface area contributed by atoms with E-state index in [4.69, 9.17) is 0 Å². The zero-order chi connectivity index (χ0) is 18.2. The van der Waals surface area contributed by atoms with Gasteiger partial charge < -0.3 is 15.5 Å². The number of likely N-dealkylation sites (tertiary alicyclic amines) is 1. The van der Waals surface area contributed by atoms with Gasteiger partial charge in [-0.25, -0.2) is 0 Å². The number of thioether (sulfide) groups is 1. The van der Waals surface area contributed by atoms with E-state index in [0.717, 1.165) is 37.4 Å². The third-order valence-corrected chi connectivity index (χ3v) is 5.30. The zero-order valence-electron chi connectivity index (χ0n) is 15.8. The fourth-order valence-corrected chi connectivity index (χ4v) is 4.01. The van der Waals surface area contributed by atoms with E-state index in [9.17, 15) is 9.59 Å². The van der Waals surface area contributed by atoms with E-state index in [1.54, 1.807) is 0 Å². The lowest BCUT2D eigenvalue weighted by Gasteiger charge is -2.33. The van der Waals surface area contributed by atoms with Gasteiger partial charge in [-0.3, -0.25) is 9.59 Å². The first-order valence-electron chi connectivity index (χ1n) is 8.96. The van der Waals surface area contributed by atoms with Crippen molar-refractivity contribution in [2.75, 3.05) is 32.4 Å². The Hall–Kier alpha value is -1.24. The van der Waals surface area contributed by atoms with Crippen LogP contribution in [0.2, 0.25) is 0 Å². The molecule has 26 heavy (non-hydrogen) atoms. The summed E-state index contributed by atoms with van der Waals surface area (Å²) in [6, 6.07) is 7.73. The van der Waals surface area contributed by atoms with Crippen LogP contribution in [-0.2, 0) is 4.79 Å². The molecule has 1 saturated heterocycles. The molecule has 146 valence electrons. The fourth-order valence-electron chi connectivity index (χ4n) is 3.15. The highest BCUT2D eigenvalue weighted by Crippen LogP contribution is 2.26. The first-order chi connectivity index (χ1) is 12.0. The Morgan fingerprint density at radius 2 is 2.04 bits per heavy atom. The molecule has 1 aliphatic heterocycles. The average Bonchev–Trinajstić information content (AvgIpc) is 2.59.